The molecule has 1 heterocycles. The number of imide groups is 2. The van der Waals surface area contributed by atoms with Gasteiger partial charge in [-0.15, -0.1) is 0 Å². The molecule has 0 bridgehead atoms. The molecular formula is C25H18BrClN2O6S. The highest BCUT2D eigenvalue weighted by Gasteiger charge is 2.37. The van der Waals surface area contributed by atoms with Gasteiger partial charge in [0.25, 0.3) is 11.8 Å². The molecule has 11 heteroatoms. The van der Waals surface area contributed by atoms with Crippen molar-refractivity contribution in [2.45, 2.75) is 18.7 Å². The summed E-state index contributed by atoms with van der Waals surface area (Å²) in [6.07, 6.45) is 1.29. The first-order valence-electron chi connectivity index (χ1n) is 10.4. The van der Waals surface area contributed by atoms with Crippen LogP contribution in [0.15, 0.2) is 75.6 Å². The van der Waals surface area contributed by atoms with Crippen LogP contribution in [0.25, 0.3) is 6.08 Å². The number of rotatable bonds is 5. The normalized spacial score (nSPS) is 15.3. The number of anilines is 1. The van der Waals surface area contributed by atoms with Crippen LogP contribution in [0.2, 0.25) is 5.02 Å². The molecular weight excluding hydrogens is 572 g/mol. The van der Waals surface area contributed by atoms with Crippen molar-refractivity contribution in [2.24, 2.45) is 0 Å². The molecule has 0 saturated carbocycles. The van der Waals surface area contributed by atoms with Gasteiger partial charge in [0, 0.05) is 5.02 Å². The Morgan fingerprint density at radius 1 is 0.972 bits per heavy atom. The summed E-state index contributed by atoms with van der Waals surface area (Å²) in [4.78, 5) is 38.9. The summed E-state index contributed by atoms with van der Waals surface area (Å²) < 4.78 is 30.7. The average Bonchev–Trinajstić information content (AvgIpc) is 2.80. The van der Waals surface area contributed by atoms with E-state index in [0.717, 1.165) is 10.5 Å². The van der Waals surface area contributed by atoms with Crippen LogP contribution >= 0.6 is 27.5 Å². The maximum Gasteiger partial charge on any atom is 0.339 e. The average molecular weight is 590 g/mol. The number of barbiturate groups is 1. The van der Waals surface area contributed by atoms with E-state index < -0.39 is 28.0 Å². The molecule has 36 heavy (non-hydrogen) atoms. The van der Waals surface area contributed by atoms with Gasteiger partial charge in [0.2, 0.25) is 0 Å². The zero-order valence-electron chi connectivity index (χ0n) is 18.9. The van der Waals surface area contributed by atoms with E-state index in [1.54, 1.807) is 31.2 Å². The van der Waals surface area contributed by atoms with Crippen LogP contribution in [0.3, 0.4) is 0 Å². The number of amides is 4. The molecule has 8 nitrogen and oxygen atoms in total. The van der Waals surface area contributed by atoms with Crippen LogP contribution in [0, 0.1) is 13.8 Å². The Labute approximate surface area is 220 Å². The molecule has 0 spiro atoms. The van der Waals surface area contributed by atoms with Gasteiger partial charge in [-0.3, -0.25) is 14.9 Å². The van der Waals surface area contributed by atoms with Crippen LogP contribution in [0.4, 0.5) is 10.5 Å². The molecule has 0 atom stereocenters. The van der Waals surface area contributed by atoms with Crippen LogP contribution in [0.5, 0.6) is 5.75 Å². The predicted molar refractivity (Wildman–Crippen MR) is 138 cm³/mol. The van der Waals surface area contributed by atoms with Crippen molar-refractivity contribution >= 4 is 67.3 Å². The van der Waals surface area contributed by atoms with Gasteiger partial charge in [-0.25, -0.2) is 9.69 Å². The smallest absolute Gasteiger partial charge is 0.339 e. The van der Waals surface area contributed by atoms with E-state index in [-0.39, 0.29) is 26.4 Å². The summed E-state index contributed by atoms with van der Waals surface area (Å²) in [6.45, 7) is 3.54. The number of hydrogen-bond acceptors (Lipinski definition) is 6. The maximum absolute atomic E-state index is 13.2. The van der Waals surface area contributed by atoms with E-state index >= 15 is 0 Å². The van der Waals surface area contributed by atoms with Gasteiger partial charge in [-0.1, -0.05) is 41.4 Å². The maximum atomic E-state index is 13.2. The number of hydrogen-bond donors (Lipinski definition) is 1. The fourth-order valence-corrected chi connectivity index (χ4v) is 5.11. The zero-order chi connectivity index (χ0) is 26.2. The summed E-state index contributed by atoms with van der Waals surface area (Å²) >= 11 is 9.31. The molecule has 0 unspecified atom stereocenters. The van der Waals surface area contributed by atoms with E-state index in [2.05, 4.69) is 21.2 Å². The quantitative estimate of drug-likeness (QED) is 0.250. The minimum absolute atomic E-state index is 0.00302. The molecule has 0 radical (unpaired) electrons. The lowest BCUT2D eigenvalue weighted by molar-refractivity contribution is -0.122. The molecule has 184 valence electrons. The third-order valence-corrected chi connectivity index (χ3v) is 7.39. The van der Waals surface area contributed by atoms with E-state index in [4.69, 9.17) is 15.8 Å². The fourth-order valence-electron chi connectivity index (χ4n) is 3.41. The molecule has 1 saturated heterocycles. The van der Waals surface area contributed by atoms with Crippen molar-refractivity contribution in [3.63, 3.8) is 0 Å². The topological polar surface area (TPSA) is 110 Å². The Hall–Kier alpha value is -3.47. The lowest BCUT2D eigenvalue weighted by Gasteiger charge is -2.27. The van der Waals surface area contributed by atoms with Crippen molar-refractivity contribution < 1.29 is 27.0 Å². The molecule has 4 amide bonds. The minimum atomic E-state index is -4.08. The SMILES string of the molecule is Cc1ccc(S(=O)(=O)Oc2ccc(/C=C3\C(=O)NC(=O)N(c4cc(Cl)ccc4C)C3=O)cc2Br)cc1. The molecule has 3 aromatic rings. The summed E-state index contributed by atoms with van der Waals surface area (Å²) in [7, 11) is -4.08. The van der Waals surface area contributed by atoms with Gasteiger partial charge < -0.3 is 4.18 Å². The van der Waals surface area contributed by atoms with Crippen LogP contribution < -0.4 is 14.4 Å². The van der Waals surface area contributed by atoms with Gasteiger partial charge in [0.1, 0.15) is 10.5 Å². The van der Waals surface area contributed by atoms with Crippen molar-refractivity contribution in [3.05, 3.63) is 92.4 Å². The Morgan fingerprint density at radius 2 is 1.67 bits per heavy atom. The number of halogens is 2. The molecule has 1 N–H and O–H groups in total. The van der Waals surface area contributed by atoms with Gasteiger partial charge in [0.05, 0.1) is 10.2 Å². The third-order valence-electron chi connectivity index (χ3n) is 5.29. The van der Waals surface area contributed by atoms with Crippen LogP contribution in [-0.4, -0.2) is 26.3 Å². The first-order valence-corrected chi connectivity index (χ1v) is 13.0. The lowest BCUT2D eigenvalue weighted by Crippen LogP contribution is -2.54. The van der Waals surface area contributed by atoms with E-state index in [9.17, 15) is 22.8 Å². The second-order valence-electron chi connectivity index (χ2n) is 7.93. The second-order valence-corrected chi connectivity index (χ2v) is 10.8. The largest absolute Gasteiger partial charge is 0.378 e. The van der Waals surface area contributed by atoms with Crippen LogP contribution in [-0.2, 0) is 19.7 Å². The molecule has 0 aromatic heterocycles. The van der Waals surface area contributed by atoms with Gasteiger partial charge >= 0.3 is 16.1 Å². The predicted octanol–water partition coefficient (Wildman–Crippen LogP) is 5.15. The first kappa shape index (κ1) is 25.6. The summed E-state index contributed by atoms with van der Waals surface area (Å²) in [6, 6.07) is 14.4. The third kappa shape index (κ3) is 5.20. The van der Waals surface area contributed by atoms with E-state index in [1.807, 2.05) is 6.92 Å². The standard InChI is InChI=1S/C25H18BrClN2O6S/c1-14-3-8-18(9-4-14)36(33,34)35-22-10-6-16(12-20(22)26)11-19-23(30)28-25(32)29(24(19)31)21-13-17(27)7-5-15(21)2/h3-13H,1-2H3,(H,28,30,32)/b19-11+. The first-order chi connectivity index (χ1) is 17.0. The number of nitrogens with one attached hydrogen (secondary N) is 1. The molecule has 3 aromatic carbocycles. The zero-order valence-corrected chi connectivity index (χ0v) is 22.1. The second kappa shape index (κ2) is 9.88. The highest BCUT2D eigenvalue weighted by molar-refractivity contribution is 9.10. The number of aryl methyl sites for hydroxylation is 2. The van der Waals surface area contributed by atoms with Crippen molar-refractivity contribution in [2.75, 3.05) is 4.90 Å². The molecule has 4 rings (SSSR count). The monoisotopic (exact) mass is 588 g/mol. The summed E-state index contributed by atoms with van der Waals surface area (Å²) in [5, 5.41) is 2.47. The Bertz CT molecular complexity index is 1550. The Morgan fingerprint density at radius 3 is 2.33 bits per heavy atom. The highest BCUT2D eigenvalue weighted by Crippen LogP contribution is 2.31. The summed E-state index contributed by atoms with van der Waals surface area (Å²) in [5.74, 6) is -1.67. The Balaban J connectivity index is 1.64. The van der Waals surface area contributed by atoms with Crippen molar-refractivity contribution in [1.82, 2.24) is 5.32 Å². The number of benzene rings is 3. The Kier molecular flexibility index (Phi) is 7.03. The highest BCUT2D eigenvalue weighted by atomic mass is 79.9. The van der Waals surface area contributed by atoms with E-state index in [1.165, 1.54) is 42.5 Å². The summed E-state index contributed by atoms with van der Waals surface area (Å²) in [5.41, 5.74) is 1.85. The van der Waals surface area contributed by atoms with Crippen molar-refractivity contribution in [1.29, 1.82) is 0 Å². The van der Waals surface area contributed by atoms with Crippen molar-refractivity contribution in [3.8, 4) is 5.75 Å². The molecule has 1 aliphatic heterocycles. The molecule has 1 fully saturated rings. The van der Waals surface area contributed by atoms with Gasteiger partial charge in [-0.05, 0) is 83.4 Å². The number of nitrogens with zero attached hydrogens (tertiary/aromatic N) is 1. The molecule has 1 aliphatic rings. The van der Waals surface area contributed by atoms with E-state index in [0.29, 0.717) is 16.1 Å². The minimum Gasteiger partial charge on any atom is -0.378 e. The van der Waals surface area contributed by atoms with Gasteiger partial charge in [0.15, 0.2) is 5.75 Å². The lowest BCUT2D eigenvalue weighted by atomic mass is 10.1. The van der Waals surface area contributed by atoms with Gasteiger partial charge in [-0.2, -0.15) is 8.42 Å². The number of urea groups is 1. The molecule has 0 aliphatic carbocycles. The number of carbonyl (C=O) groups excluding carboxylic acids is 3. The van der Waals surface area contributed by atoms with Crippen LogP contribution in [0.1, 0.15) is 16.7 Å². The number of carbonyl (C=O) groups is 3. The fraction of sp³-hybridized carbons (Fsp3) is 0.0800.